The minimum atomic E-state index is -1.63. The van der Waals surface area contributed by atoms with E-state index in [1.54, 1.807) is 0 Å². The number of carbonyl (C=O) groups excluding carboxylic acids is 2. The first-order valence-corrected chi connectivity index (χ1v) is 11.7. The van der Waals surface area contributed by atoms with Crippen molar-refractivity contribution < 1.29 is 29.1 Å². The SMILES string of the molecule is CC(C)(ON=C(C(=O)O)c1csc(NC(=O)CCl)n1)C(=O)OC(c1ccccc1)c1ccccc1. The van der Waals surface area contributed by atoms with Crippen LogP contribution in [-0.4, -0.2) is 45.1 Å². The molecule has 0 atom stereocenters. The van der Waals surface area contributed by atoms with Gasteiger partial charge in [0.05, 0.1) is 0 Å². The summed E-state index contributed by atoms with van der Waals surface area (Å²) in [5.74, 6) is -2.95. The van der Waals surface area contributed by atoms with Crippen LogP contribution in [0.4, 0.5) is 5.13 Å². The molecule has 0 radical (unpaired) electrons. The minimum Gasteiger partial charge on any atom is -0.476 e. The maximum Gasteiger partial charge on any atom is 0.360 e. The van der Waals surface area contributed by atoms with Crippen LogP contribution < -0.4 is 5.32 Å². The van der Waals surface area contributed by atoms with Crippen LogP contribution in [0.5, 0.6) is 0 Å². The largest absolute Gasteiger partial charge is 0.476 e. The Morgan fingerprint density at radius 3 is 2.17 bits per heavy atom. The van der Waals surface area contributed by atoms with Crippen molar-refractivity contribution in [3.63, 3.8) is 0 Å². The molecular formula is C24H22ClN3O6S. The summed E-state index contributed by atoms with van der Waals surface area (Å²) in [4.78, 5) is 45.6. The fourth-order valence-corrected chi connectivity index (χ4v) is 3.60. The highest BCUT2D eigenvalue weighted by Crippen LogP contribution is 2.28. The molecule has 2 N–H and O–H groups in total. The number of benzene rings is 2. The number of rotatable bonds is 10. The highest BCUT2D eigenvalue weighted by atomic mass is 35.5. The van der Waals surface area contributed by atoms with Gasteiger partial charge in [-0.25, -0.2) is 14.6 Å². The number of carbonyl (C=O) groups is 3. The number of carboxylic acids is 1. The molecule has 11 heteroatoms. The molecule has 1 aromatic heterocycles. The minimum absolute atomic E-state index is 0.0528. The molecule has 35 heavy (non-hydrogen) atoms. The number of hydrogen-bond donors (Lipinski definition) is 2. The Morgan fingerprint density at radius 1 is 1.09 bits per heavy atom. The average Bonchev–Trinajstić information content (AvgIpc) is 3.30. The Bertz CT molecular complexity index is 1170. The molecule has 0 bridgehead atoms. The van der Waals surface area contributed by atoms with Gasteiger partial charge in [0.15, 0.2) is 11.2 Å². The third kappa shape index (κ3) is 6.87. The number of anilines is 1. The number of thiazole rings is 1. The number of alkyl halides is 1. The maximum absolute atomic E-state index is 13.1. The highest BCUT2D eigenvalue weighted by molar-refractivity contribution is 7.14. The number of esters is 1. The second-order valence-electron chi connectivity index (χ2n) is 7.67. The summed E-state index contributed by atoms with van der Waals surface area (Å²) in [5.41, 5.74) is -0.717. The lowest BCUT2D eigenvalue weighted by molar-refractivity contribution is -0.172. The number of nitrogens with zero attached hydrogens (tertiary/aromatic N) is 2. The van der Waals surface area contributed by atoms with Crippen molar-refractivity contribution in [3.05, 3.63) is 82.9 Å². The van der Waals surface area contributed by atoms with E-state index in [4.69, 9.17) is 21.2 Å². The van der Waals surface area contributed by atoms with Gasteiger partial charge in [0, 0.05) is 5.38 Å². The van der Waals surface area contributed by atoms with Gasteiger partial charge in [-0.05, 0) is 25.0 Å². The van der Waals surface area contributed by atoms with Crippen LogP contribution in [-0.2, 0) is 24.0 Å². The molecule has 182 valence electrons. The number of aromatic nitrogens is 1. The third-order valence-corrected chi connectivity index (χ3v) is 5.60. The van der Waals surface area contributed by atoms with Gasteiger partial charge in [0.1, 0.15) is 11.6 Å². The second kappa shape index (κ2) is 11.6. The van der Waals surface area contributed by atoms with Crippen molar-refractivity contribution in [1.82, 2.24) is 4.98 Å². The number of halogens is 1. The van der Waals surface area contributed by atoms with Gasteiger partial charge in [-0.1, -0.05) is 65.8 Å². The van der Waals surface area contributed by atoms with E-state index in [1.807, 2.05) is 60.7 Å². The fourth-order valence-electron chi connectivity index (χ4n) is 2.82. The quantitative estimate of drug-likeness (QED) is 0.179. The third-order valence-electron chi connectivity index (χ3n) is 4.60. The molecule has 0 saturated heterocycles. The predicted octanol–water partition coefficient (Wildman–Crippen LogP) is 4.24. The van der Waals surface area contributed by atoms with E-state index in [9.17, 15) is 19.5 Å². The van der Waals surface area contributed by atoms with Crippen molar-refractivity contribution in [2.45, 2.75) is 25.6 Å². The molecule has 0 aliphatic rings. The first-order valence-electron chi connectivity index (χ1n) is 10.3. The van der Waals surface area contributed by atoms with Gasteiger partial charge < -0.3 is 20.0 Å². The van der Waals surface area contributed by atoms with Gasteiger partial charge in [-0.2, -0.15) is 0 Å². The fraction of sp³-hybridized carbons (Fsp3) is 0.208. The summed E-state index contributed by atoms with van der Waals surface area (Å²) < 4.78 is 5.79. The molecule has 0 saturated carbocycles. The summed E-state index contributed by atoms with van der Waals surface area (Å²) in [6.07, 6.45) is -0.706. The lowest BCUT2D eigenvalue weighted by Gasteiger charge is -2.25. The molecule has 0 fully saturated rings. The van der Waals surface area contributed by atoms with E-state index < -0.39 is 35.3 Å². The number of hydrogen-bond acceptors (Lipinski definition) is 8. The number of ether oxygens (including phenoxy) is 1. The number of oxime groups is 1. The van der Waals surface area contributed by atoms with Gasteiger partial charge in [0.2, 0.25) is 17.2 Å². The van der Waals surface area contributed by atoms with Crippen LogP contribution in [0.3, 0.4) is 0 Å². The monoisotopic (exact) mass is 515 g/mol. The highest BCUT2D eigenvalue weighted by Gasteiger charge is 2.36. The van der Waals surface area contributed by atoms with Gasteiger partial charge in [0.25, 0.3) is 0 Å². The molecule has 0 unspecified atom stereocenters. The zero-order valence-electron chi connectivity index (χ0n) is 18.8. The van der Waals surface area contributed by atoms with Crippen LogP contribution in [0.2, 0.25) is 0 Å². The lowest BCUT2D eigenvalue weighted by atomic mass is 10.0. The molecule has 9 nitrogen and oxygen atoms in total. The van der Waals surface area contributed by atoms with Crippen LogP contribution in [0.1, 0.15) is 36.8 Å². The van der Waals surface area contributed by atoms with Crippen LogP contribution in [0.25, 0.3) is 0 Å². The molecular weight excluding hydrogens is 494 g/mol. The Morgan fingerprint density at radius 2 is 1.66 bits per heavy atom. The van der Waals surface area contributed by atoms with Crippen molar-refractivity contribution in [3.8, 4) is 0 Å². The Kier molecular flexibility index (Phi) is 8.56. The summed E-state index contributed by atoms with van der Waals surface area (Å²) in [6, 6.07) is 18.4. The standard InChI is InChI=1S/C24H22ClN3O6S/c1-24(2,34-28-19(21(30)31)17-14-35-23(26-17)27-18(29)13-25)22(32)33-20(15-9-5-3-6-10-15)16-11-7-4-8-12-16/h3-12,14,20H,13H2,1-2H3,(H,30,31)(H,26,27,29). The van der Waals surface area contributed by atoms with E-state index >= 15 is 0 Å². The molecule has 2 aromatic carbocycles. The van der Waals surface area contributed by atoms with E-state index in [0.717, 1.165) is 22.5 Å². The number of nitrogens with one attached hydrogen (secondary N) is 1. The first kappa shape index (κ1) is 25.9. The van der Waals surface area contributed by atoms with Crippen molar-refractivity contribution in [2.24, 2.45) is 5.16 Å². The number of aliphatic carboxylic acids is 1. The maximum atomic E-state index is 13.1. The molecule has 3 rings (SSSR count). The van der Waals surface area contributed by atoms with Crippen LogP contribution >= 0.6 is 22.9 Å². The molecule has 0 spiro atoms. The van der Waals surface area contributed by atoms with Crippen LogP contribution in [0.15, 0.2) is 71.2 Å². The molecule has 1 heterocycles. The molecule has 0 aliphatic heterocycles. The molecule has 1 amide bonds. The van der Waals surface area contributed by atoms with Crippen molar-refractivity contribution in [1.29, 1.82) is 0 Å². The lowest BCUT2D eigenvalue weighted by Crippen LogP contribution is -2.37. The Labute approximate surface area is 210 Å². The topological polar surface area (TPSA) is 127 Å². The summed E-state index contributed by atoms with van der Waals surface area (Å²) >= 11 is 6.44. The normalized spacial score (nSPS) is 11.7. The summed E-state index contributed by atoms with van der Waals surface area (Å²) in [5, 5.41) is 17.2. The Hall–Kier alpha value is -3.76. The number of amides is 1. The van der Waals surface area contributed by atoms with E-state index in [2.05, 4.69) is 15.5 Å². The van der Waals surface area contributed by atoms with E-state index in [0.29, 0.717) is 0 Å². The van der Waals surface area contributed by atoms with Crippen molar-refractivity contribution in [2.75, 3.05) is 11.2 Å². The molecule has 0 aliphatic carbocycles. The summed E-state index contributed by atoms with van der Waals surface area (Å²) in [6.45, 7) is 2.83. The smallest absolute Gasteiger partial charge is 0.360 e. The van der Waals surface area contributed by atoms with Crippen LogP contribution in [0, 0.1) is 0 Å². The zero-order valence-corrected chi connectivity index (χ0v) is 20.4. The molecule has 3 aromatic rings. The van der Waals surface area contributed by atoms with Gasteiger partial charge >= 0.3 is 11.9 Å². The van der Waals surface area contributed by atoms with Gasteiger partial charge in [-0.15, -0.1) is 22.9 Å². The van der Waals surface area contributed by atoms with Gasteiger partial charge in [-0.3, -0.25) is 4.79 Å². The second-order valence-corrected chi connectivity index (χ2v) is 8.80. The Balaban J connectivity index is 1.80. The zero-order chi connectivity index (χ0) is 25.4. The van der Waals surface area contributed by atoms with Crippen molar-refractivity contribution >= 4 is 51.6 Å². The van der Waals surface area contributed by atoms with E-state index in [1.165, 1.54) is 19.2 Å². The number of carboxylic acid groups (broad SMARTS) is 1. The first-order chi connectivity index (χ1) is 16.7. The van der Waals surface area contributed by atoms with E-state index in [-0.39, 0.29) is 16.7 Å². The predicted molar refractivity (Wildman–Crippen MR) is 132 cm³/mol. The summed E-state index contributed by atoms with van der Waals surface area (Å²) in [7, 11) is 0. The average molecular weight is 516 g/mol.